The van der Waals surface area contributed by atoms with Gasteiger partial charge in [-0.05, 0) is 48.9 Å². The first-order valence-electron chi connectivity index (χ1n) is 9.09. The monoisotopic (exact) mass is 444 g/mol. The third kappa shape index (κ3) is 4.75. The molecule has 0 heterocycles. The van der Waals surface area contributed by atoms with Gasteiger partial charge in [0.05, 0.1) is 23.5 Å². The molecule has 0 radical (unpaired) electrons. The van der Waals surface area contributed by atoms with E-state index in [-0.39, 0.29) is 10.6 Å². The lowest BCUT2D eigenvalue weighted by atomic mass is 10.2. The van der Waals surface area contributed by atoms with Gasteiger partial charge in [0.2, 0.25) is 5.91 Å². The van der Waals surface area contributed by atoms with Crippen molar-refractivity contribution in [3.05, 3.63) is 83.4 Å². The second-order valence-electron chi connectivity index (χ2n) is 6.53. The molecule has 0 aliphatic rings. The average molecular weight is 445 g/mol. The van der Waals surface area contributed by atoms with E-state index in [1.807, 2.05) is 0 Å². The molecular formula is C22H21ClN2O4S. The van der Waals surface area contributed by atoms with Crippen LogP contribution >= 0.6 is 11.6 Å². The first kappa shape index (κ1) is 21.7. The Hall–Kier alpha value is -3.03. The van der Waals surface area contributed by atoms with E-state index >= 15 is 0 Å². The molecule has 3 aromatic carbocycles. The molecule has 0 atom stereocenters. The second-order valence-corrected chi connectivity index (χ2v) is 8.77. The summed E-state index contributed by atoms with van der Waals surface area (Å²) in [6.45, 7) is 1.35. The van der Waals surface area contributed by atoms with Crippen LogP contribution in [-0.4, -0.2) is 28.0 Å². The van der Waals surface area contributed by atoms with Gasteiger partial charge < -0.3 is 10.1 Å². The Labute approximate surface area is 181 Å². The van der Waals surface area contributed by atoms with Gasteiger partial charge in [0.25, 0.3) is 10.0 Å². The summed E-state index contributed by atoms with van der Waals surface area (Å²) >= 11 is 6.10. The number of aryl methyl sites for hydroxylation is 1. The van der Waals surface area contributed by atoms with Crippen molar-refractivity contribution in [2.24, 2.45) is 0 Å². The Morgan fingerprint density at radius 3 is 2.37 bits per heavy atom. The molecule has 6 nitrogen and oxygen atoms in total. The number of hydrogen-bond donors (Lipinski definition) is 1. The van der Waals surface area contributed by atoms with Gasteiger partial charge in [0.1, 0.15) is 17.2 Å². The van der Waals surface area contributed by atoms with Crippen LogP contribution in [0.3, 0.4) is 0 Å². The van der Waals surface area contributed by atoms with Gasteiger partial charge in [-0.3, -0.25) is 9.10 Å². The maximum absolute atomic E-state index is 13.6. The molecule has 0 aromatic heterocycles. The number of carbonyl (C=O) groups excluding carboxylic acids is 1. The minimum atomic E-state index is -4.10. The van der Waals surface area contributed by atoms with E-state index in [1.165, 1.54) is 13.2 Å². The number of para-hydroxylation sites is 2. The molecule has 1 amide bonds. The molecule has 0 saturated carbocycles. The predicted octanol–water partition coefficient (Wildman–Crippen LogP) is 4.49. The molecule has 0 spiro atoms. The maximum Gasteiger partial charge on any atom is 0.268 e. The van der Waals surface area contributed by atoms with Crippen molar-refractivity contribution < 1.29 is 17.9 Å². The minimum absolute atomic E-state index is 0.0144. The van der Waals surface area contributed by atoms with Gasteiger partial charge >= 0.3 is 0 Å². The number of hydrogen-bond acceptors (Lipinski definition) is 4. The third-order valence-electron chi connectivity index (χ3n) is 4.37. The molecule has 0 saturated heterocycles. The molecule has 0 aliphatic carbocycles. The molecule has 0 aliphatic heterocycles. The second kappa shape index (κ2) is 9.19. The number of sulfonamides is 1. The molecule has 0 fully saturated rings. The van der Waals surface area contributed by atoms with Crippen LogP contribution < -0.4 is 14.4 Å². The summed E-state index contributed by atoms with van der Waals surface area (Å²) in [4.78, 5) is 12.7. The molecule has 8 heteroatoms. The van der Waals surface area contributed by atoms with Crippen molar-refractivity contribution in [2.75, 3.05) is 23.3 Å². The van der Waals surface area contributed by atoms with Crippen LogP contribution in [0.5, 0.6) is 5.75 Å². The largest absolute Gasteiger partial charge is 0.495 e. The van der Waals surface area contributed by atoms with Crippen LogP contribution in [0.25, 0.3) is 0 Å². The number of rotatable bonds is 7. The predicted molar refractivity (Wildman–Crippen MR) is 119 cm³/mol. The van der Waals surface area contributed by atoms with Crippen LogP contribution in [0.4, 0.5) is 11.4 Å². The fraction of sp³-hybridized carbons (Fsp3) is 0.136. The lowest BCUT2D eigenvalue weighted by molar-refractivity contribution is -0.114. The van der Waals surface area contributed by atoms with Crippen molar-refractivity contribution in [1.29, 1.82) is 0 Å². The number of benzene rings is 3. The van der Waals surface area contributed by atoms with E-state index in [1.54, 1.807) is 73.7 Å². The Morgan fingerprint density at radius 1 is 1.03 bits per heavy atom. The van der Waals surface area contributed by atoms with E-state index in [4.69, 9.17) is 16.3 Å². The SMILES string of the molecule is COc1ccc(C)cc1S(=O)(=O)N(CC(=O)Nc1ccccc1Cl)c1ccccc1. The molecule has 156 valence electrons. The zero-order valence-corrected chi connectivity index (χ0v) is 18.1. The van der Waals surface area contributed by atoms with Crippen molar-refractivity contribution in [3.8, 4) is 5.75 Å². The smallest absolute Gasteiger partial charge is 0.268 e. The summed E-state index contributed by atoms with van der Waals surface area (Å²) in [6, 6.07) is 20.1. The quantitative estimate of drug-likeness (QED) is 0.582. The van der Waals surface area contributed by atoms with Crippen LogP contribution in [0.15, 0.2) is 77.7 Å². The minimum Gasteiger partial charge on any atom is -0.495 e. The highest BCUT2D eigenvalue weighted by atomic mass is 35.5. The summed E-state index contributed by atoms with van der Waals surface area (Å²) in [5.41, 5.74) is 1.51. The van der Waals surface area contributed by atoms with E-state index in [0.717, 1.165) is 9.87 Å². The zero-order valence-electron chi connectivity index (χ0n) is 16.5. The Morgan fingerprint density at radius 2 is 1.70 bits per heavy atom. The van der Waals surface area contributed by atoms with E-state index in [0.29, 0.717) is 16.4 Å². The maximum atomic E-state index is 13.6. The molecule has 30 heavy (non-hydrogen) atoms. The number of nitrogens with one attached hydrogen (secondary N) is 1. The molecule has 3 rings (SSSR count). The van der Waals surface area contributed by atoms with Crippen molar-refractivity contribution in [2.45, 2.75) is 11.8 Å². The Bertz CT molecular complexity index is 1150. The summed E-state index contributed by atoms with van der Waals surface area (Å²) in [7, 11) is -2.70. The first-order valence-corrected chi connectivity index (χ1v) is 10.9. The summed E-state index contributed by atoms with van der Waals surface area (Å²) < 4.78 is 33.4. The third-order valence-corrected chi connectivity index (χ3v) is 6.49. The normalized spacial score (nSPS) is 11.0. The van der Waals surface area contributed by atoms with Crippen LogP contribution in [0.1, 0.15) is 5.56 Å². The molecular weight excluding hydrogens is 424 g/mol. The van der Waals surface area contributed by atoms with E-state index in [9.17, 15) is 13.2 Å². The topological polar surface area (TPSA) is 75.7 Å². The Kier molecular flexibility index (Phi) is 6.64. The number of anilines is 2. The van der Waals surface area contributed by atoms with Crippen LogP contribution in [-0.2, 0) is 14.8 Å². The zero-order chi connectivity index (χ0) is 21.7. The van der Waals surface area contributed by atoms with Gasteiger partial charge in [0, 0.05) is 0 Å². The fourth-order valence-electron chi connectivity index (χ4n) is 2.90. The lowest BCUT2D eigenvalue weighted by Crippen LogP contribution is -2.38. The molecule has 1 N–H and O–H groups in total. The standard InChI is InChI=1S/C22H21ClN2O4S/c1-16-12-13-20(29-2)21(14-16)30(27,28)25(17-8-4-3-5-9-17)15-22(26)24-19-11-7-6-10-18(19)23/h3-14H,15H2,1-2H3,(H,24,26). The molecule has 0 bridgehead atoms. The van der Waals surface area contributed by atoms with Crippen molar-refractivity contribution in [1.82, 2.24) is 0 Å². The first-order chi connectivity index (χ1) is 14.3. The lowest BCUT2D eigenvalue weighted by Gasteiger charge is -2.25. The Balaban J connectivity index is 2.01. The van der Waals surface area contributed by atoms with Gasteiger partial charge in [0.15, 0.2) is 0 Å². The number of nitrogens with zero attached hydrogens (tertiary/aromatic N) is 1. The average Bonchev–Trinajstić information content (AvgIpc) is 2.74. The number of carbonyl (C=O) groups is 1. The summed E-state index contributed by atoms with van der Waals surface area (Å²) in [5, 5.41) is 3.03. The van der Waals surface area contributed by atoms with Crippen molar-refractivity contribution >= 4 is 38.9 Å². The van der Waals surface area contributed by atoms with Crippen molar-refractivity contribution in [3.63, 3.8) is 0 Å². The molecule has 3 aromatic rings. The number of methoxy groups -OCH3 is 1. The van der Waals surface area contributed by atoms with Gasteiger partial charge in [-0.1, -0.05) is 48.0 Å². The van der Waals surface area contributed by atoms with Gasteiger partial charge in [-0.15, -0.1) is 0 Å². The highest BCUT2D eigenvalue weighted by Crippen LogP contribution is 2.31. The number of ether oxygens (including phenoxy) is 1. The highest BCUT2D eigenvalue weighted by Gasteiger charge is 2.30. The number of halogens is 1. The van der Waals surface area contributed by atoms with E-state index < -0.39 is 22.5 Å². The van der Waals surface area contributed by atoms with Crippen LogP contribution in [0.2, 0.25) is 5.02 Å². The molecule has 0 unspecified atom stereocenters. The summed E-state index contributed by atoms with van der Waals surface area (Å²) in [6.07, 6.45) is 0. The van der Waals surface area contributed by atoms with Gasteiger partial charge in [-0.2, -0.15) is 0 Å². The van der Waals surface area contributed by atoms with Crippen LogP contribution in [0, 0.1) is 6.92 Å². The summed E-state index contributed by atoms with van der Waals surface area (Å²) in [5.74, 6) is -0.324. The van der Waals surface area contributed by atoms with Gasteiger partial charge in [-0.25, -0.2) is 8.42 Å². The highest BCUT2D eigenvalue weighted by molar-refractivity contribution is 7.93. The number of amides is 1. The fourth-order valence-corrected chi connectivity index (χ4v) is 4.74. The van der Waals surface area contributed by atoms with E-state index in [2.05, 4.69) is 5.32 Å².